The molecule has 3 rings (SSSR count). The molecule has 1 aliphatic carbocycles. The summed E-state index contributed by atoms with van der Waals surface area (Å²) >= 11 is 0. The van der Waals surface area contributed by atoms with Gasteiger partial charge in [0.05, 0.1) is 6.61 Å². The lowest BCUT2D eigenvalue weighted by Gasteiger charge is -2.13. The van der Waals surface area contributed by atoms with Gasteiger partial charge in [-0.05, 0) is 48.4 Å². The fourth-order valence-corrected chi connectivity index (χ4v) is 2.55. The summed E-state index contributed by atoms with van der Waals surface area (Å²) < 4.78 is 19.3. The maximum Gasteiger partial charge on any atom is 0.213 e. The van der Waals surface area contributed by atoms with Crippen molar-refractivity contribution in [2.24, 2.45) is 10.9 Å². The molecular formula is C20H26FIN4O. The van der Waals surface area contributed by atoms with Gasteiger partial charge in [-0.15, -0.1) is 24.0 Å². The number of aromatic nitrogens is 1. The third-order valence-corrected chi connectivity index (χ3v) is 4.29. The standard InChI is InChI=1S/C20H25FN4O.HI/c1-22-20(24-11-9-17-4-2-3-5-18(17)21)25-13-16-8-10-23-19(12-16)26-14-15-6-7-15;/h2-5,8,10,12,15H,6-7,9,11,13-14H2,1H3,(H2,22,24,25);1H. The number of benzene rings is 1. The molecule has 2 aromatic rings. The van der Waals surface area contributed by atoms with E-state index in [-0.39, 0.29) is 29.8 Å². The zero-order valence-electron chi connectivity index (χ0n) is 15.5. The fourth-order valence-electron chi connectivity index (χ4n) is 2.55. The van der Waals surface area contributed by atoms with Crippen LogP contribution in [0.2, 0.25) is 0 Å². The first-order chi connectivity index (χ1) is 12.7. The van der Waals surface area contributed by atoms with Gasteiger partial charge in [0.2, 0.25) is 5.88 Å². The van der Waals surface area contributed by atoms with E-state index in [2.05, 4.69) is 20.6 Å². The van der Waals surface area contributed by atoms with Crippen LogP contribution in [-0.4, -0.2) is 31.1 Å². The fraction of sp³-hybridized carbons (Fsp3) is 0.400. The molecule has 27 heavy (non-hydrogen) atoms. The minimum atomic E-state index is -0.173. The zero-order valence-corrected chi connectivity index (χ0v) is 17.8. The van der Waals surface area contributed by atoms with Crippen LogP contribution >= 0.6 is 24.0 Å². The van der Waals surface area contributed by atoms with Crippen LogP contribution in [0.1, 0.15) is 24.0 Å². The van der Waals surface area contributed by atoms with Gasteiger partial charge < -0.3 is 15.4 Å². The number of nitrogens with zero attached hydrogens (tertiary/aromatic N) is 2. The molecule has 2 N–H and O–H groups in total. The van der Waals surface area contributed by atoms with Crippen molar-refractivity contribution < 1.29 is 9.13 Å². The molecule has 1 aromatic heterocycles. The third kappa shape index (κ3) is 7.32. The predicted octanol–water partition coefficient (Wildman–Crippen LogP) is 3.54. The summed E-state index contributed by atoms with van der Waals surface area (Å²) in [5.74, 6) is 1.88. The highest BCUT2D eigenvalue weighted by Gasteiger charge is 2.22. The number of aliphatic imine (C=N–C) groups is 1. The van der Waals surface area contributed by atoms with Gasteiger partial charge in [0.1, 0.15) is 5.82 Å². The summed E-state index contributed by atoms with van der Waals surface area (Å²) in [6, 6.07) is 10.7. The van der Waals surface area contributed by atoms with Gasteiger partial charge in [0.25, 0.3) is 0 Å². The van der Waals surface area contributed by atoms with Crippen molar-refractivity contribution in [1.82, 2.24) is 15.6 Å². The Labute approximate surface area is 176 Å². The first-order valence-electron chi connectivity index (χ1n) is 9.00. The second kappa shape index (κ2) is 11.1. The Kier molecular flexibility index (Phi) is 8.77. The van der Waals surface area contributed by atoms with E-state index in [4.69, 9.17) is 4.74 Å². The molecule has 0 saturated heterocycles. The van der Waals surface area contributed by atoms with Crippen molar-refractivity contribution in [2.45, 2.75) is 25.8 Å². The van der Waals surface area contributed by atoms with Gasteiger partial charge in [0.15, 0.2) is 5.96 Å². The summed E-state index contributed by atoms with van der Waals surface area (Å²) in [5, 5.41) is 6.46. The smallest absolute Gasteiger partial charge is 0.213 e. The van der Waals surface area contributed by atoms with Crippen LogP contribution in [0.25, 0.3) is 0 Å². The quantitative estimate of drug-likeness (QED) is 0.342. The highest BCUT2D eigenvalue weighted by atomic mass is 127. The van der Waals surface area contributed by atoms with Crippen molar-refractivity contribution >= 4 is 29.9 Å². The molecule has 0 spiro atoms. The number of ether oxygens (including phenoxy) is 1. The van der Waals surface area contributed by atoms with Crippen molar-refractivity contribution in [3.05, 3.63) is 59.5 Å². The second-order valence-corrected chi connectivity index (χ2v) is 6.45. The highest BCUT2D eigenvalue weighted by molar-refractivity contribution is 14.0. The highest BCUT2D eigenvalue weighted by Crippen LogP contribution is 2.29. The number of halogens is 2. The van der Waals surface area contributed by atoms with Gasteiger partial charge in [-0.2, -0.15) is 0 Å². The van der Waals surface area contributed by atoms with E-state index in [1.165, 1.54) is 18.9 Å². The summed E-state index contributed by atoms with van der Waals surface area (Å²) in [6.07, 6.45) is 4.88. The Morgan fingerprint density at radius 3 is 2.81 bits per heavy atom. The summed E-state index contributed by atoms with van der Waals surface area (Å²) in [5.41, 5.74) is 1.77. The molecule has 146 valence electrons. The summed E-state index contributed by atoms with van der Waals surface area (Å²) in [6.45, 7) is 1.97. The SMILES string of the molecule is CN=C(NCCc1ccccc1F)NCc1ccnc(OCC2CC2)c1.I. The molecule has 0 amide bonds. The third-order valence-electron chi connectivity index (χ3n) is 4.29. The van der Waals surface area contributed by atoms with Crippen LogP contribution in [0.3, 0.4) is 0 Å². The molecule has 1 aliphatic rings. The van der Waals surface area contributed by atoms with Gasteiger partial charge in [-0.25, -0.2) is 9.37 Å². The molecule has 0 unspecified atom stereocenters. The second-order valence-electron chi connectivity index (χ2n) is 6.45. The largest absolute Gasteiger partial charge is 0.477 e. The molecule has 0 radical (unpaired) electrons. The zero-order chi connectivity index (χ0) is 18.2. The Morgan fingerprint density at radius 2 is 2.07 bits per heavy atom. The number of rotatable bonds is 8. The lowest BCUT2D eigenvalue weighted by atomic mass is 10.1. The number of hydrogen-bond donors (Lipinski definition) is 2. The lowest BCUT2D eigenvalue weighted by Crippen LogP contribution is -2.37. The first kappa shape index (κ1) is 21.4. The van der Waals surface area contributed by atoms with Crippen LogP contribution in [0.5, 0.6) is 5.88 Å². The van der Waals surface area contributed by atoms with Crippen LogP contribution in [0.15, 0.2) is 47.6 Å². The maximum absolute atomic E-state index is 13.6. The minimum Gasteiger partial charge on any atom is -0.477 e. The van der Waals surface area contributed by atoms with E-state index in [1.807, 2.05) is 18.2 Å². The van der Waals surface area contributed by atoms with Crippen molar-refractivity contribution in [1.29, 1.82) is 0 Å². The van der Waals surface area contributed by atoms with Crippen molar-refractivity contribution in [2.75, 3.05) is 20.2 Å². The van der Waals surface area contributed by atoms with Crippen LogP contribution in [-0.2, 0) is 13.0 Å². The number of pyridine rings is 1. The van der Waals surface area contributed by atoms with Gasteiger partial charge >= 0.3 is 0 Å². The summed E-state index contributed by atoms with van der Waals surface area (Å²) in [7, 11) is 1.72. The topological polar surface area (TPSA) is 58.5 Å². The van der Waals surface area contributed by atoms with E-state index < -0.39 is 0 Å². The Balaban J connectivity index is 0.00000261. The van der Waals surface area contributed by atoms with Gasteiger partial charge in [0, 0.05) is 32.4 Å². The maximum atomic E-state index is 13.6. The minimum absolute atomic E-state index is 0. The Morgan fingerprint density at radius 1 is 1.26 bits per heavy atom. The molecule has 7 heteroatoms. The molecular weight excluding hydrogens is 458 g/mol. The predicted molar refractivity (Wildman–Crippen MR) is 116 cm³/mol. The molecule has 1 aromatic carbocycles. The first-order valence-corrected chi connectivity index (χ1v) is 9.00. The van der Waals surface area contributed by atoms with Gasteiger partial charge in [-0.1, -0.05) is 18.2 Å². The average molecular weight is 484 g/mol. The van der Waals surface area contributed by atoms with Crippen molar-refractivity contribution in [3.8, 4) is 5.88 Å². The van der Waals surface area contributed by atoms with E-state index in [9.17, 15) is 4.39 Å². The van der Waals surface area contributed by atoms with Crippen LogP contribution in [0, 0.1) is 11.7 Å². The normalized spacial score (nSPS) is 13.6. The molecule has 1 fully saturated rings. The van der Waals surface area contributed by atoms with Crippen molar-refractivity contribution in [3.63, 3.8) is 0 Å². The van der Waals surface area contributed by atoms with Crippen LogP contribution < -0.4 is 15.4 Å². The Bertz CT molecular complexity index is 752. The van der Waals surface area contributed by atoms with Gasteiger partial charge in [-0.3, -0.25) is 4.99 Å². The van der Waals surface area contributed by atoms with E-state index in [1.54, 1.807) is 25.4 Å². The monoisotopic (exact) mass is 484 g/mol. The summed E-state index contributed by atoms with van der Waals surface area (Å²) in [4.78, 5) is 8.45. The van der Waals surface area contributed by atoms with E-state index in [0.29, 0.717) is 42.8 Å². The molecule has 5 nitrogen and oxygen atoms in total. The lowest BCUT2D eigenvalue weighted by molar-refractivity contribution is 0.288. The Hall–Kier alpha value is -1.90. The number of hydrogen-bond acceptors (Lipinski definition) is 3. The molecule has 0 bridgehead atoms. The molecule has 0 aliphatic heterocycles. The number of nitrogens with one attached hydrogen (secondary N) is 2. The van der Waals surface area contributed by atoms with E-state index >= 15 is 0 Å². The average Bonchev–Trinajstić information content (AvgIpc) is 3.49. The molecule has 1 heterocycles. The molecule has 0 atom stereocenters. The van der Waals surface area contributed by atoms with Crippen LogP contribution in [0.4, 0.5) is 4.39 Å². The van der Waals surface area contributed by atoms with E-state index in [0.717, 1.165) is 12.2 Å². The number of guanidine groups is 1. The molecule has 1 saturated carbocycles.